The molecule has 21 heavy (non-hydrogen) atoms. The largest absolute Gasteiger partial charge is 0.432 e. The average Bonchev–Trinajstić information content (AvgIpc) is 2.89. The van der Waals surface area contributed by atoms with E-state index in [9.17, 15) is 14.4 Å². The van der Waals surface area contributed by atoms with Crippen molar-refractivity contribution in [2.75, 3.05) is 11.9 Å². The molecule has 1 saturated heterocycles. The van der Waals surface area contributed by atoms with Crippen LogP contribution in [0, 0.1) is 0 Å². The van der Waals surface area contributed by atoms with Crippen LogP contribution in [0.4, 0.5) is 9.93 Å². The van der Waals surface area contributed by atoms with Crippen LogP contribution < -0.4 is 4.90 Å². The predicted molar refractivity (Wildman–Crippen MR) is 74.8 cm³/mol. The van der Waals surface area contributed by atoms with Gasteiger partial charge in [0.25, 0.3) is 12.1 Å². The highest BCUT2D eigenvalue weighted by molar-refractivity contribution is 7.15. The molecule has 8 nitrogen and oxygen atoms in total. The highest BCUT2D eigenvalue weighted by Gasteiger charge is 2.47. The molecule has 114 valence electrons. The maximum Gasteiger partial charge on any atom is 0.336 e. The normalized spacial score (nSPS) is 19.4. The lowest BCUT2D eigenvalue weighted by atomic mass is 9.98. The van der Waals surface area contributed by atoms with Gasteiger partial charge in [0.05, 0.1) is 0 Å². The van der Waals surface area contributed by atoms with Crippen LogP contribution in [0.2, 0.25) is 0 Å². The minimum Gasteiger partial charge on any atom is -0.432 e. The van der Waals surface area contributed by atoms with Crippen molar-refractivity contribution in [2.45, 2.75) is 39.3 Å². The maximum absolute atomic E-state index is 12.2. The van der Waals surface area contributed by atoms with Crippen LogP contribution in [0.5, 0.6) is 0 Å². The van der Waals surface area contributed by atoms with Crippen molar-refractivity contribution in [1.82, 2.24) is 15.1 Å². The van der Waals surface area contributed by atoms with E-state index >= 15 is 0 Å². The Hall–Kier alpha value is -2.03. The Morgan fingerprint density at radius 2 is 1.90 bits per heavy atom. The summed E-state index contributed by atoms with van der Waals surface area (Å²) in [6.45, 7) is 7.05. The number of likely N-dealkylation sites (N-methyl/N-ethyl adjacent to an activating group) is 1. The fourth-order valence-electron chi connectivity index (χ4n) is 1.70. The minimum absolute atomic E-state index is 0.177. The number of amides is 3. The van der Waals surface area contributed by atoms with Gasteiger partial charge in [0.1, 0.15) is 5.01 Å². The van der Waals surface area contributed by atoms with Crippen LogP contribution in [0.15, 0.2) is 0 Å². The van der Waals surface area contributed by atoms with Crippen LogP contribution >= 0.6 is 11.3 Å². The summed E-state index contributed by atoms with van der Waals surface area (Å²) in [5.74, 6) is -1.28. The molecule has 0 N–H and O–H groups in total. The summed E-state index contributed by atoms with van der Waals surface area (Å²) in [5, 5.41) is 8.79. The van der Waals surface area contributed by atoms with Crippen molar-refractivity contribution in [3.8, 4) is 0 Å². The molecule has 2 heterocycles. The van der Waals surface area contributed by atoms with Gasteiger partial charge in [0.2, 0.25) is 5.13 Å². The number of aromatic nitrogens is 2. The predicted octanol–water partition coefficient (Wildman–Crippen LogP) is 1.12. The molecular formula is C12H16N4O4S. The van der Waals surface area contributed by atoms with E-state index in [0.717, 1.165) is 21.1 Å². The Balaban J connectivity index is 2.32. The van der Waals surface area contributed by atoms with E-state index < -0.39 is 24.1 Å². The molecule has 1 aliphatic rings. The molecule has 3 amide bonds. The Bertz CT molecular complexity index is 607. The molecule has 1 aliphatic heterocycles. The monoisotopic (exact) mass is 312 g/mol. The smallest absolute Gasteiger partial charge is 0.336 e. The first-order chi connectivity index (χ1) is 9.62. The number of imide groups is 1. The first-order valence-corrected chi connectivity index (χ1v) is 7.06. The number of carbonyl (C=O) groups is 3. The van der Waals surface area contributed by atoms with Gasteiger partial charge in [-0.2, -0.15) is 4.90 Å². The van der Waals surface area contributed by atoms with Gasteiger partial charge in [0.15, 0.2) is 0 Å². The standard InChI is InChI=1S/C12H16N4O4S/c1-6(17)20-8-7(18)16(11(19)15(8)5)10-14-13-9(21-10)12(2,3)4/h8H,1-5H3. The summed E-state index contributed by atoms with van der Waals surface area (Å²) in [6.07, 6.45) is -1.25. The quantitative estimate of drug-likeness (QED) is 0.600. The topological polar surface area (TPSA) is 92.7 Å². The lowest BCUT2D eigenvalue weighted by Crippen LogP contribution is -2.35. The van der Waals surface area contributed by atoms with Crippen LogP contribution in [0.3, 0.4) is 0 Å². The second-order valence-corrected chi connectivity index (χ2v) is 6.62. The molecule has 1 aromatic rings. The zero-order valence-corrected chi connectivity index (χ0v) is 13.2. The molecule has 9 heteroatoms. The third kappa shape index (κ3) is 2.73. The minimum atomic E-state index is -1.25. The Morgan fingerprint density at radius 1 is 1.29 bits per heavy atom. The number of carbonyl (C=O) groups excluding carboxylic acids is 3. The van der Waals surface area contributed by atoms with E-state index in [-0.39, 0.29) is 10.5 Å². The summed E-state index contributed by atoms with van der Waals surface area (Å²) in [5.41, 5.74) is -0.233. The number of hydrogen-bond donors (Lipinski definition) is 0. The summed E-state index contributed by atoms with van der Waals surface area (Å²) < 4.78 is 4.86. The van der Waals surface area contributed by atoms with Crippen molar-refractivity contribution < 1.29 is 19.1 Å². The molecule has 2 rings (SSSR count). The average molecular weight is 312 g/mol. The van der Waals surface area contributed by atoms with Crippen LogP contribution in [0.25, 0.3) is 0 Å². The third-order valence-electron chi connectivity index (χ3n) is 2.80. The number of urea groups is 1. The molecule has 1 unspecified atom stereocenters. The zero-order chi connectivity index (χ0) is 15.9. The van der Waals surface area contributed by atoms with Crippen molar-refractivity contribution in [2.24, 2.45) is 0 Å². The van der Waals surface area contributed by atoms with Gasteiger partial charge >= 0.3 is 12.0 Å². The Labute approximate surface area is 125 Å². The number of hydrogen-bond acceptors (Lipinski definition) is 7. The van der Waals surface area contributed by atoms with Gasteiger partial charge in [-0.25, -0.2) is 4.79 Å². The highest BCUT2D eigenvalue weighted by Crippen LogP contribution is 2.32. The fourth-order valence-corrected chi connectivity index (χ4v) is 2.60. The van der Waals surface area contributed by atoms with Crippen molar-refractivity contribution in [1.29, 1.82) is 0 Å². The lowest BCUT2D eigenvalue weighted by molar-refractivity contribution is -0.157. The van der Waals surface area contributed by atoms with E-state index in [1.165, 1.54) is 14.0 Å². The van der Waals surface area contributed by atoms with Gasteiger partial charge in [-0.3, -0.25) is 14.5 Å². The van der Waals surface area contributed by atoms with E-state index in [0.29, 0.717) is 5.01 Å². The molecule has 0 spiro atoms. The van der Waals surface area contributed by atoms with E-state index in [4.69, 9.17) is 4.74 Å². The fraction of sp³-hybridized carbons (Fsp3) is 0.583. The van der Waals surface area contributed by atoms with Crippen LogP contribution in [-0.4, -0.2) is 46.3 Å². The number of ether oxygens (including phenoxy) is 1. The molecule has 1 atom stereocenters. The van der Waals surface area contributed by atoms with Crippen molar-refractivity contribution in [3.63, 3.8) is 0 Å². The number of anilines is 1. The second kappa shape index (κ2) is 5.06. The molecular weight excluding hydrogens is 296 g/mol. The first-order valence-electron chi connectivity index (χ1n) is 6.25. The molecule has 0 radical (unpaired) electrons. The van der Waals surface area contributed by atoms with Crippen LogP contribution in [0.1, 0.15) is 32.7 Å². The van der Waals surface area contributed by atoms with Crippen LogP contribution in [-0.2, 0) is 19.7 Å². The van der Waals surface area contributed by atoms with E-state index in [1.807, 2.05) is 20.8 Å². The second-order valence-electron chi connectivity index (χ2n) is 5.67. The van der Waals surface area contributed by atoms with E-state index in [2.05, 4.69) is 10.2 Å². The molecule has 0 aliphatic carbocycles. The highest BCUT2D eigenvalue weighted by atomic mass is 32.1. The maximum atomic E-state index is 12.2. The van der Waals surface area contributed by atoms with Gasteiger partial charge in [-0.1, -0.05) is 32.1 Å². The van der Waals surface area contributed by atoms with Gasteiger partial charge in [0, 0.05) is 19.4 Å². The molecule has 1 fully saturated rings. The Kier molecular flexibility index (Phi) is 3.70. The lowest BCUT2D eigenvalue weighted by Gasteiger charge is -2.14. The molecule has 0 bridgehead atoms. The molecule has 0 saturated carbocycles. The Morgan fingerprint density at radius 3 is 2.38 bits per heavy atom. The van der Waals surface area contributed by atoms with Crippen molar-refractivity contribution in [3.05, 3.63) is 5.01 Å². The van der Waals surface area contributed by atoms with Gasteiger partial charge in [-0.15, -0.1) is 10.2 Å². The van der Waals surface area contributed by atoms with Gasteiger partial charge in [-0.05, 0) is 0 Å². The summed E-state index contributed by atoms with van der Waals surface area (Å²) in [7, 11) is 1.39. The van der Waals surface area contributed by atoms with E-state index in [1.54, 1.807) is 0 Å². The van der Waals surface area contributed by atoms with Gasteiger partial charge < -0.3 is 4.74 Å². The summed E-state index contributed by atoms with van der Waals surface area (Å²) >= 11 is 1.16. The molecule has 1 aromatic heterocycles. The summed E-state index contributed by atoms with van der Waals surface area (Å²) in [4.78, 5) is 37.4. The summed E-state index contributed by atoms with van der Waals surface area (Å²) in [6, 6.07) is -0.595. The van der Waals surface area contributed by atoms with Crippen molar-refractivity contribution >= 4 is 34.4 Å². The third-order valence-corrected chi connectivity index (χ3v) is 4.14. The SMILES string of the molecule is CC(=O)OC1C(=O)N(c2nnc(C(C)(C)C)s2)C(=O)N1C. The number of nitrogens with zero attached hydrogens (tertiary/aromatic N) is 4. The first kappa shape index (κ1) is 15.4. The number of rotatable bonds is 2. The number of esters is 1. The molecule has 0 aromatic carbocycles. The zero-order valence-electron chi connectivity index (χ0n) is 12.4.